The maximum absolute atomic E-state index is 14.0. The molecule has 2 aromatic rings. The van der Waals surface area contributed by atoms with E-state index in [2.05, 4.69) is 42.2 Å². The van der Waals surface area contributed by atoms with E-state index in [1.54, 1.807) is 0 Å². The van der Waals surface area contributed by atoms with Crippen LogP contribution in [0.3, 0.4) is 0 Å². The van der Waals surface area contributed by atoms with E-state index in [1.165, 1.54) is 13.8 Å². The van der Waals surface area contributed by atoms with E-state index in [0.29, 0.717) is 47.7 Å². The van der Waals surface area contributed by atoms with Crippen molar-refractivity contribution in [2.24, 2.45) is 16.1 Å². The summed E-state index contributed by atoms with van der Waals surface area (Å²) in [6.45, 7) is 7.05. The number of aliphatic imine (C=N–C) groups is 1. The Morgan fingerprint density at radius 3 is 2.20 bits per heavy atom. The Balaban J connectivity index is 1.63. The molecule has 1 amide bonds. The van der Waals surface area contributed by atoms with E-state index in [4.69, 9.17) is 4.84 Å². The van der Waals surface area contributed by atoms with Gasteiger partial charge in [-0.05, 0) is 78.0 Å². The summed E-state index contributed by atoms with van der Waals surface area (Å²) in [5.74, 6) is -0.891. The highest BCUT2D eigenvalue weighted by Crippen LogP contribution is 2.55. The zero-order valence-electron chi connectivity index (χ0n) is 26.6. The fourth-order valence-corrected chi connectivity index (χ4v) is 7.53. The molecule has 0 aromatic heterocycles. The molecular formula is C37H44N2O5. The number of nitrogens with zero attached hydrogens (tertiary/aromatic N) is 2. The number of unbranched alkanes of at least 4 members (excludes halogenated alkanes) is 2. The number of carbonyl (C=O) groups is 4. The molecule has 5 rings (SSSR count). The highest BCUT2D eigenvalue weighted by atomic mass is 16.7. The Hall–Kier alpha value is -3.74. The van der Waals surface area contributed by atoms with Gasteiger partial charge in [0.1, 0.15) is 5.71 Å². The first kappa shape index (κ1) is 31.7. The van der Waals surface area contributed by atoms with Gasteiger partial charge < -0.3 is 4.84 Å². The molecule has 2 aromatic carbocycles. The lowest BCUT2D eigenvalue weighted by atomic mass is 9.69. The number of amides is 1. The number of aryl methyl sites for hydroxylation is 1. The fraction of sp³-hybridized carbons (Fsp3) is 0.514. The topological polar surface area (TPSA) is 102 Å². The van der Waals surface area contributed by atoms with Crippen molar-refractivity contribution < 1.29 is 24.0 Å². The lowest BCUT2D eigenvalue weighted by Crippen LogP contribution is -2.28. The van der Waals surface area contributed by atoms with Crippen LogP contribution >= 0.6 is 0 Å². The van der Waals surface area contributed by atoms with E-state index in [9.17, 15) is 19.2 Å². The first-order valence-corrected chi connectivity index (χ1v) is 16.4. The fourth-order valence-electron chi connectivity index (χ4n) is 7.53. The smallest absolute Gasteiger partial charge is 0.318 e. The summed E-state index contributed by atoms with van der Waals surface area (Å²) in [5, 5.41) is 4.06. The van der Waals surface area contributed by atoms with Gasteiger partial charge in [-0.15, -0.1) is 0 Å². The van der Waals surface area contributed by atoms with Gasteiger partial charge in [0.2, 0.25) is 17.5 Å². The van der Waals surface area contributed by atoms with Gasteiger partial charge in [-0.1, -0.05) is 88.6 Å². The minimum Gasteiger partial charge on any atom is -0.318 e. The summed E-state index contributed by atoms with van der Waals surface area (Å²) >= 11 is 0. The molecule has 0 aliphatic heterocycles. The van der Waals surface area contributed by atoms with Crippen molar-refractivity contribution >= 4 is 34.9 Å². The first-order valence-electron chi connectivity index (χ1n) is 16.4. The number of fused-ring (bicyclic) bond motifs is 4. The number of hydrogen-bond donors (Lipinski definition) is 0. The average molecular weight is 597 g/mol. The van der Waals surface area contributed by atoms with Crippen LogP contribution in [0, 0.1) is 5.92 Å². The maximum atomic E-state index is 14.0. The van der Waals surface area contributed by atoms with E-state index < -0.39 is 5.97 Å². The number of rotatable bonds is 11. The molecule has 0 radical (unpaired) electrons. The largest absolute Gasteiger partial charge is 0.331 e. The summed E-state index contributed by atoms with van der Waals surface area (Å²) < 4.78 is 0. The van der Waals surface area contributed by atoms with Gasteiger partial charge in [0.15, 0.2) is 0 Å². The third-order valence-corrected chi connectivity index (χ3v) is 9.69. The van der Waals surface area contributed by atoms with Crippen LogP contribution in [0.5, 0.6) is 0 Å². The number of oxime groups is 1. The van der Waals surface area contributed by atoms with Crippen molar-refractivity contribution in [1.82, 2.24) is 0 Å². The Morgan fingerprint density at radius 1 is 0.886 bits per heavy atom. The summed E-state index contributed by atoms with van der Waals surface area (Å²) in [6, 6.07) is 10.2. The Kier molecular flexibility index (Phi) is 9.72. The number of ketones is 2. The normalized spacial score (nSPS) is 18.2. The van der Waals surface area contributed by atoms with Gasteiger partial charge in [-0.2, -0.15) is 0 Å². The van der Waals surface area contributed by atoms with Crippen LogP contribution in [0.4, 0.5) is 0 Å². The molecule has 3 aliphatic rings. The van der Waals surface area contributed by atoms with Crippen LogP contribution in [-0.2, 0) is 26.3 Å². The molecule has 0 saturated heterocycles. The molecule has 44 heavy (non-hydrogen) atoms. The summed E-state index contributed by atoms with van der Waals surface area (Å²) in [5.41, 5.74) is 6.96. The minimum atomic E-state index is -0.542. The van der Waals surface area contributed by atoms with Crippen LogP contribution in [0.1, 0.15) is 142 Å². The Bertz CT molecular complexity index is 1540. The van der Waals surface area contributed by atoms with Crippen LogP contribution in [-0.4, -0.2) is 34.9 Å². The molecule has 7 nitrogen and oxygen atoms in total. The van der Waals surface area contributed by atoms with Crippen molar-refractivity contribution in [2.45, 2.75) is 117 Å². The van der Waals surface area contributed by atoms with Gasteiger partial charge in [0.05, 0.1) is 5.71 Å². The van der Waals surface area contributed by atoms with Crippen LogP contribution in [0.2, 0.25) is 0 Å². The third-order valence-electron chi connectivity index (χ3n) is 9.69. The molecule has 0 heterocycles. The molecule has 7 heteroatoms. The first-order chi connectivity index (χ1) is 21.2. The summed E-state index contributed by atoms with van der Waals surface area (Å²) in [7, 11) is 0. The van der Waals surface area contributed by atoms with E-state index in [0.717, 1.165) is 92.0 Å². The molecule has 1 saturated carbocycles. The minimum absolute atomic E-state index is 0.158. The van der Waals surface area contributed by atoms with E-state index in [1.807, 2.05) is 12.1 Å². The molecule has 0 atom stereocenters. The molecule has 0 unspecified atom stereocenters. The number of carbonyl (C=O) groups excluding carboxylic acids is 4. The number of benzene rings is 2. The van der Waals surface area contributed by atoms with Gasteiger partial charge >= 0.3 is 5.97 Å². The molecule has 3 aliphatic carbocycles. The van der Waals surface area contributed by atoms with E-state index in [-0.39, 0.29) is 22.9 Å². The molecular weight excluding hydrogens is 552 g/mol. The second kappa shape index (κ2) is 13.5. The monoisotopic (exact) mass is 596 g/mol. The van der Waals surface area contributed by atoms with Gasteiger partial charge in [0, 0.05) is 30.4 Å². The van der Waals surface area contributed by atoms with Crippen molar-refractivity contribution in [1.29, 1.82) is 0 Å². The maximum Gasteiger partial charge on any atom is 0.331 e. The second-order valence-electron chi connectivity index (χ2n) is 12.8. The molecule has 0 N–H and O–H groups in total. The van der Waals surface area contributed by atoms with Gasteiger partial charge in [-0.25, -0.2) is 9.79 Å². The van der Waals surface area contributed by atoms with Crippen molar-refractivity contribution in [2.75, 3.05) is 0 Å². The standard InChI is InChI=1S/C37H44N2O5/c1-5-7-17-37(18-8-6-2)31-21-27(35(42)34(39-44-24(4)41)19-25-11-9-10-12-25)13-15-28(31)30-20-26-14-16-33(38-23(3)40)36(43)29(26)22-32(30)37/h13,15,20-22,25H,5-12,14,16-19H2,1-4H3. The van der Waals surface area contributed by atoms with Crippen LogP contribution in [0.15, 0.2) is 40.5 Å². The predicted molar refractivity (Wildman–Crippen MR) is 173 cm³/mol. The predicted octanol–water partition coefficient (Wildman–Crippen LogP) is 8.13. The zero-order valence-corrected chi connectivity index (χ0v) is 26.6. The Labute approximate surface area is 260 Å². The SMILES string of the molecule is CCCCC1(CCCC)c2cc(C(=O)C(CC3CCCC3)=NOC(C)=O)ccc2-c2cc3c(cc21)C(=O)C(=NC(C)=O)CC3. The summed E-state index contributed by atoms with van der Waals surface area (Å²) in [6.07, 6.45) is 11.8. The Morgan fingerprint density at radius 2 is 1.57 bits per heavy atom. The molecule has 232 valence electrons. The lowest BCUT2D eigenvalue weighted by Gasteiger charge is -2.33. The van der Waals surface area contributed by atoms with Crippen LogP contribution < -0.4 is 0 Å². The molecule has 0 spiro atoms. The zero-order chi connectivity index (χ0) is 31.4. The number of Topliss-reactive ketones (excluding diaryl/α,β-unsaturated/α-hetero) is 2. The van der Waals surface area contributed by atoms with Crippen LogP contribution in [0.25, 0.3) is 11.1 Å². The third kappa shape index (κ3) is 6.24. The molecule has 1 fully saturated rings. The highest BCUT2D eigenvalue weighted by Gasteiger charge is 2.44. The average Bonchev–Trinajstić information content (AvgIpc) is 3.61. The van der Waals surface area contributed by atoms with Crippen molar-refractivity contribution in [3.05, 3.63) is 58.1 Å². The van der Waals surface area contributed by atoms with Crippen molar-refractivity contribution in [3.8, 4) is 11.1 Å². The lowest BCUT2D eigenvalue weighted by molar-refractivity contribution is -0.140. The second-order valence-corrected chi connectivity index (χ2v) is 12.8. The molecule has 0 bridgehead atoms. The highest BCUT2D eigenvalue weighted by molar-refractivity contribution is 6.48. The van der Waals surface area contributed by atoms with Gasteiger partial charge in [-0.3, -0.25) is 14.4 Å². The quantitative estimate of drug-likeness (QED) is 0.113. The van der Waals surface area contributed by atoms with E-state index >= 15 is 0 Å². The number of hydrogen-bond acceptors (Lipinski definition) is 6. The van der Waals surface area contributed by atoms with Gasteiger partial charge in [0.25, 0.3) is 0 Å². The van der Waals surface area contributed by atoms with Crippen molar-refractivity contribution in [3.63, 3.8) is 0 Å². The summed E-state index contributed by atoms with van der Waals surface area (Å²) in [4.78, 5) is 60.0.